The molecule has 0 heterocycles. The lowest BCUT2D eigenvalue weighted by Crippen LogP contribution is -2.31. The molecule has 106 valence electrons. The largest absolute Gasteiger partial charge is 0.465 e. The zero-order valence-corrected chi connectivity index (χ0v) is 12.1. The molecule has 0 fully saturated rings. The number of esters is 1. The lowest BCUT2D eigenvalue weighted by Gasteiger charge is -2.21. The van der Waals surface area contributed by atoms with Crippen molar-refractivity contribution >= 4 is 17.3 Å². The van der Waals surface area contributed by atoms with Crippen molar-refractivity contribution in [3.63, 3.8) is 0 Å². The Morgan fingerprint density at radius 2 is 2.16 bits per heavy atom. The van der Waals surface area contributed by atoms with Gasteiger partial charge in [0.2, 0.25) is 0 Å². The van der Waals surface area contributed by atoms with Gasteiger partial charge in [-0.1, -0.05) is 0 Å². The fourth-order valence-electron chi connectivity index (χ4n) is 1.62. The number of nitrogens with zero attached hydrogens (tertiary/aromatic N) is 1. The van der Waals surface area contributed by atoms with Crippen LogP contribution in [0.25, 0.3) is 0 Å². The van der Waals surface area contributed by atoms with Gasteiger partial charge in [0.05, 0.1) is 12.7 Å². The second-order valence-corrected chi connectivity index (χ2v) is 4.80. The minimum atomic E-state index is -0.382. The van der Waals surface area contributed by atoms with Crippen molar-refractivity contribution in [3.8, 4) is 0 Å². The first-order valence-corrected chi connectivity index (χ1v) is 6.37. The van der Waals surface area contributed by atoms with Gasteiger partial charge >= 0.3 is 5.97 Å². The van der Waals surface area contributed by atoms with Gasteiger partial charge in [0, 0.05) is 30.5 Å². The Morgan fingerprint density at radius 3 is 2.74 bits per heavy atom. The number of rotatable bonds is 6. The molecule has 0 aliphatic carbocycles. The molecule has 0 radical (unpaired) electrons. The van der Waals surface area contributed by atoms with E-state index in [4.69, 9.17) is 10.5 Å². The third-order valence-electron chi connectivity index (χ3n) is 3.11. The molecular formula is C14H23N3O2. The van der Waals surface area contributed by atoms with Gasteiger partial charge in [0.25, 0.3) is 0 Å². The average molecular weight is 265 g/mol. The number of methoxy groups -OCH3 is 1. The number of nitrogens with one attached hydrogen (secondary N) is 1. The van der Waals surface area contributed by atoms with Crippen molar-refractivity contribution < 1.29 is 9.53 Å². The maximum absolute atomic E-state index is 11.7. The normalized spacial score (nSPS) is 10.8. The molecule has 3 N–H and O–H groups in total. The van der Waals surface area contributed by atoms with Crippen LogP contribution < -0.4 is 11.1 Å². The monoisotopic (exact) mass is 265 g/mol. The Labute approximate surface area is 114 Å². The minimum absolute atomic E-state index is 0.382. The van der Waals surface area contributed by atoms with E-state index >= 15 is 0 Å². The minimum Gasteiger partial charge on any atom is -0.465 e. The van der Waals surface area contributed by atoms with Crippen LogP contribution in [0.2, 0.25) is 0 Å². The van der Waals surface area contributed by atoms with Gasteiger partial charge in [-0.2, -0.15) is 0 Å². The Bertz CT molecular complexity index is 433. The van der Waals surface area contributed by atoms with Gasteiger partial charge in [-0.15, -0.1) is 0 Å². The van der Waals surface area contributed by atoms with Crippen LogP contribution in [0.1, 0.15) is 24.2 Å². The van der Waals surface area contributed by atoms with E-state index in [1.54, 1.807) is 18.2 Å². The van der Waals surface area contributed by atoms with Crippen LogP contribution in [0, 0.1) is 0 Å². The first kappa shape index (κ1) is 15.3. The van der Waals surface area contributed by atoms with Crippen LogP contribution in [0.4, 0.5) is 11.4 Å². The summed E-state index contributed by atoms with van der Waals surface area (Å²) >= 11 is 0. The van der Waals surface area contributed by atoms with Crippen molar-refractivity contribution in [1.82, 2.24) is 4.90 Å². The Morgan fingerprint density at radius 1 is 1.47 bits per heavy atom. The summed E-state index contributed by atoms with van der Waals surface area (Å²) in [5, 5.41) is 3.24. The molecule has 0 aliphatic heterocycles. The standard InChI is InChI=1S/C14H23N3O2/c1-10(2)17(3)8-7-16-13-6-5-11(15)9-12(13)14(18)19-4/h5-6,9-10,16H,7-8,15H2,1-4H3. The van der Waals surface area contributed by atoms with Crippen LogP contribution in [0.5, 0.6) is 0 Å². The summed E-state index contributed by atoms with van der Waals surface area (Å²) in [6.45, 7) is 5.93. The molecule has 0 amide bonds. The zero-order chi connectivity index (χ0) is 14.4. The first-order chi connectivity index (χ1) is 8.95. The molecule has 0 atom stereocenters. The molecule has 0 aromatic heterocycles. The molecule has 0 bridgehead atoms. The number of anilines is 2. The number of hydrogen-bond acceptors (Lipinski definition) is 5. The van der Waals surface area contributed by atoms with E-state index in [9.17, 15) is 4.79 Å². The van der Waals surface area contributed by atoms with Crippen molar-refractivity contribution in [2.24, 2.45) is 0 Å². The summed E-state index contributed by atoms with van der Waals surface area (Å²) in [5.74, 6) is -0.382. The molecule has 1 aromatic carbocycles. The summed E-state index contributed by atoms with van der Waals surface area (Å²) in [7, 11) is 3.43. The number of nitrogens with two attached hydrogens (primary N) is 1. The fourth-order valence-corrected chi connectivity index (χ4v) is 1.62. The predicted octanol–water partition coefficient (Wildman–Crippen LogP) is 1.81. The summed E-state index contributed by atoms with van der Waals surface area (Å²) in [4.78, 5) is 13.9. The number of carbonyl (C=O) groups excluding carboxylic acids is 1. The molecule has 1 aromatic rings. The van der Waals surface area contributed by atoms with Crippen LogP contribution in [-0.4, -0.2) is 44.2 Å². The van der Waals surface area contributed by atoms with E-state index in [1.165, 1.54) is 7.11 Å². The summed E-state index contributed by atoms with van der Waals surface area (Å²) < 4.78 is 4.75. The Kier molecular flexibility index (Phi) is 5.63. The molecule has 0 saturated carbocycles. The second kappa shape index (κ2) is 6.99. The molecule has 0 aliphatic rings. The molecule has 0 spiro atoms. The molecule has 1 rings (SSSR count). The topological polar surface area (TPSA) is 67.6 Å². The summed E-state index contributed by atoms with van der Waals surface area (Å²) in [5.41, 5.74) is 7.45. The number of likely N-dealkylation sites (N-methyl/N-ethyl adjacent to an activating group) is 1. The summed E-state index contributed by atoms with van der Waals surface area (Å²) in [6, 6.07) is 5.69. The van der Waals surface area contributed by atoms with Crippen LogP contribution in [0.15, 0.2) is 18.2 Å². The lowest BCUT2D eigenvalue weighted by molar-refractivity contribution is 0.0602. The quantitative estimate of drug-likeness (QED) is 0.606. The average Bonchev–Trinajstić information content (AvgIpc) is 2.39. The van der Waals surface area contributed by atoms with E-state index in [2.05, 4.69) is 31.1 Å². The highest BCUT2D eigenvalue weighted by Crippen LogP contribution is 2.19. The number of carbonyl (C=O) groups is 1. The van der Waals surface area contributed by atoms with Crippen LogP contribution in [-0.2, 0) is 4.74 Å². The highest BCUT2D eigenvalue weighted by atomic mass is 16.5. The predicted molar refractivity (Wildman–Crippen MR) is 78.4 cm³/mol. The van der Waals surface area contributed by atoms with Crippen molar-refractivity contribution in [1.29, 1.82) is 0 Å². The Balaban J connectivity index is 2.70. The maximum Gasteiger partial charge on any atom is 0.340 e. The van der Waals surface area contributed by atoms with Gasteiger partial charge in [0.15, 0.2) is 0 Å². The van der Waals surface area contributed by atoms with E-state index in [-0.39, 0.29) is 5.97 Å². The van der Waals surface area contributed by atoms with Crippen molar-refractivity contribution in [3.05, 3.63) is 23.8 Å². The smallest absolute Gasteiger partial charge is 0.340 e. The van der Waals surface area contributed by atoms with Gasteiger partial charge in [0.1, 0.15) is 0 Å². The Hall–Kier alpha value is -1.75. The molecule has 5 nitrogen and oxygen atoms in total. The van der Waals surface area contributed by atoms with Gasteiger partial charge in [-0.05, 0) is 39.1 Å². The zero-order valence-electron chi connectivity index (χ0n) is 12.1. The molecule has 5 heteroatoms. The fraction of sp³-hybridized carbons (Fsp3) is 0.500. The summed E-state index contributed by atoms with van der Waals surface area (Å²) in [6.07, 6.45) is 0. The van der Waals surface area contributed by atoms with Gasteiger partial charge in [-0.3, -0.25) is 0 Å². The van der Waals surface area contributed by atoms with Crippen LogP contribution in [0.3, 0.4) is 0 Å². The highest BCUT2D eigenvalue weighted by Gasteiger charge is 2.12. The first-order valence-electron chi connectivity index (χ1n) is 6.37. The third-order valence-corrected chi connectivity index (χ3v) is 3.11. The van der Waals surface area contributed by atoms with Crippen molar-refractivity contribution in [2.45, 2.75) is 19.9 Å². The van der Waals surface area contributed by atoms with E-state index in [0.29, 0.717) is 17.3 Å². The number of nitrogen functional groups attached to an aromatic ring is 1. The number of hydrogen-bond donors (Lipinski definition) is 2. The van der Waals surface area contributed by atoms with Crippen LogP contribution >= 0.6 is 0 Å². The SMILES string of the molecule is COC(=O)c1cc(N)ccc1NCCN(C)C(C)C. The highest BCUT2D eigenvalue weighted by molar-refractivity contribution is 5.96. The van der Waals surface area contributed by atoms with E-state index in [0.717, 1.165) is 18.8 Å². The van der Waals surface area contributed by atoms with E-state index in [1.807, 2.05) is 0 Å². The molecule has 19 heavy (non-hydrogen) atoms. The van der Waals surface area contributed by atoms with Gasteiger partial charge < -0.3 is 20.7 Å². The molecule has 0 unspecified atom stereocenters. The van der Waals surface area contributed by atoms with E-state index < -0.39 is 0 Å². The van der Waals surface area contributed by atoms with Gasteiger partial charge in [-0.25, -0.2) is 4.79 Å². The number of ether oxygens (including phenoxy) is 1. The third kappa shape index (κ3) is 4.44. The molecular weight excluding hydrogens is 242 g/mol. The van der Waals surface area contributed by atoms with Crippen molar-refractivity contribution in [2.75, 3.05) is 38.3 Å². The maximum atomic E-state index is 11.7. The number of benzene rings is 1. The second-order valence-electron chi connectivity index (χ2n) is 4.80. The lowest BCUT2D eigenvalue weighted by atomic mass is 10.1. The molecule has 0 saturated heterocycles.